The average molecular weight is 785 g/mol. The van der Waals surface area contributed by atoms with E-state index in [1.165, 1.54) is 51.5 Å². The number of carbonyl (C=O) groups excluding carboxylic acids is 1. The summed E-state index contributed by atoms with van der Waals surface area (Å²) >= 11 is 0. The summed E-state index contributed by atoms with van der Waals surface area (Å²) in [6.07, 6.45) is -19.6. The Bertz CT molecular complexity index is 1590. The van der Waals surface area contributed by atoms with Gasteiger partial charge in [0.25, 0.3) is 0 Å². The molecule has 0 aliphatic carbocycles. The summed E-state index contributed by atoms with van der Waals surface area (Å²) in [4.78, 5) is 13.2. The highest BCUT2D eigenvalue weighted by Gasteiger charge is 2.54. The normalized spacial score (nSPS) is 35.4. The van der Waals surface area contributed by atoms with E-state index in [1.54, 1.807) is 12.1 Å². The number of phenols is 2. The maximum atomic E-state index is 13.2. The zero-order valence-corrected chi connectivity index (χ0v) is 30.1. The molecule has 3 fully saturated rings. The monoisotopic (exact) mass is 784 g/mol. The smallest absolute Gasteiger partial charge is 0.331 e. The Labute approximate surface area is 315 Å². The van der Waals surface area contributed by atoms with E-state index < -0.39 is 105 Å². The second-order valence-electron chi connectivity index (χ2n) is 13.2. The largest absolute Gasteiger partial charge is 0.504 e. The number of rotatable bonds is 14. The van der Waals surface area contributed by atoms with Crippen molar-refractivity contribution >= 4 is 12.0 Å². The molecule has 3 heterocycles. The van der Waals surface area contributed by atoms with Gasteiger partial charge in [-0.25, -0.2) is 4.79 Å². The van der Waals surface area contributed by atoms with Crippen LogP contribution in [0.3, 0.4) is 0 Å². The number of esters is 1. The molecule has 19 nitrogen and oxygen atoms in total. The van der Waals surface area contributed by atoms with E-state index in [1.807, 2.05) is 0 Å². The predicted octanol–water partition coefficient (Wildman–Crippen LogP) is -1.95. The first-order valence-electron chi connectivity index (χ1n) is 17.4. The fourth-order valence-electron chi connectivity index (χ4n) is 6.25. The number of benzene rings is 2. The third kappa shape index (κ3) is 10.0. The molecule has 3 aliphatic rings. The number of hydrogen-bond donors (Lipinski definition) is 9. The Morgan fingerprint density at radius 1 is 0.782 bits per heavy atom. The van der Waals surface area contributed by atoms with Crippen molar-refractivity contribution in [2.75, 3.05) is 34.0 Å². The van der Waals surface area contributed by atoms with E-state index in [4.69, 9.17) is 42.6 Å². The highest BCUT2D eigenvalue weighted by molar-refractivity contribution is 5.87. The van der Waals surface area contributed by atoms with E-state index in [0.717, 1.165) is 6.08 Å². The molecule has 55 heavy (non-hydrogen) atoms. The van der Waals surface area contributed by atoms with E-state index in [-0.39, 0.29) is 36.0 Å². The van der Waals surface area contributed by atoms with Crippen LogP contribution in [0.2, 0.25) is 0 Å². The molecule has 3 aliphatic heterocycles. The van der Waals surface area contributed by atoms with Crippen molar-refractivity contribution in [1.29, 1.82) is 0 Å². The van der Waals surface area contributed by atoms with Crippen LogP contribution in [-0.4, -0.2) is 172 Å². The summed E-state index contributed by atoms with van der Waals surface area (Å²) in [5.74, 6) is -0.802. The van der Waals surface area contributed by atoms with Gasteiger partial charge in [-0.1, -0.05) is 12.1 Å². The highest BCUT2D eigenvalue weighted by atomic mass is 16.8. The van der Waals surface area contributed by atoms with Crippen LogP contribution in [0.1, 0.15) is 18.1 Å². The Hall–Kier alpha value is -3.67. The van der Waals surface area contributed by atoms with E-state index in [0.29, 0.717) is 11.1 Å². The lowest BCUT2D eigenvalue weighted by Gasteiger charge is -2.48. The van der Waals surface area contributed by atoms with Gasteiger partial charge in [0.15, 0.2) is 48.0 Å². The predicted molar refractivity (Wildman–Crippen MR) is 183 cm³/mol. The maximum absolute atomic E-state index is 13.2. The molecular formula is C36H48O19. The van der Waals surface area contributed by atoms with Gasteiger partial charge in [-0.15, -0.1) is 0 Å². The zero-order chi connectivity index (χ0) is 40.0. The zero-order valence-electron chi connectivity index (χ0n) is 30.1. The number of hydrogen-bond acceptors (Lipinski definition) is 19. The molecule has 2 aromatic carbocycles. The molecule has 0 bridgehead atoms. The number of methoxy groups -OCH3 is 2. The summed E-state index contributed by atoms with van der Waals surface area (Å²) in [7, 11) is 2.75. The van der Waals surface area contributed by atoms with Crippen molar-refractivity contribution < 1.29 is 93.4 Å². The Morgan fingerprint density at radius 2 is 1.45 bits per heavy atom. The van der Waals surface area contributed by atoms with Crippen molar-refractivity contribution in [3.8, 4) is 23.0 Å². The standard InChI is InChI=1S/C36H48O19/c1-16-26(42)28(44)33(55-34-29(45)27(43)21(40)15-50-34)36(51-16)54-32-30(46)35(49-11-10-18-5-8-20(39)23(13-18)48-3)52-24(14-37)31(32)53-25(41)9-6-17-4-7-19(38)22(12-17)47-2/h4-9,12-13,16,21,24,26-40,42-46H,10-11,14-15H2,1-3H3/b9-6+/t16-,21-,24+,26-,27+,28+,29+,30+,31+,32+,33+,34-,35+,36-/m0/s1. The molecule has 0 amide bonds. The Morgan fingerprint density at radius 3 is 2.15 bits per heavy atom. The lowest BCUT2D eigenvalue weighted by molar-refractivity contribution is -0.381. The molecule has 0 aromatic heterocycles. The quantitative estimate of drug-likeness (QED) is 0.0744. The summed E-state index contributed by atoms with van der Waals surface area (Å²) in [6, 6.07) is 8.97. The Kier molecular flexibility index (Phi) is 14.7. The van der Waals surface area contributed by atoms with Crippen LogP contribution in [-0.2, 0) is 44.4 Å². The first-order valence-corrected chi connectivity index (χ1v) is 17.4. The molecule has 5 rings (SSSR count). The summed E-state index contributed by atoms with van der Waals surface area (Å²) < 4.78 is 50.8. The van der Waals surface area contributed by atoms with Crippen molar-refractivity contribution in [3.05, 3.63) is 53.6 Å². The molecule has 9 N–H and O–H groups in total. The second-order valence-corrected chi connectivity index (χ2v) is 13.2. The van der Waals surface area contributed by atoms with Crippen molar-refractivity contribution in [2.24, 2.45) is 0 Å². The molecule has 3 saturated heterocycles. The number of carbonyl (C=O) groups is 1. The van der Waals surface area contributed by atoms with Gasteiger partial charge >= 0.3 is 5.97 Å². The van der Waals surface area contributed by atoms with Gasteiger partial charge < -0.3 is 88.6 Å². The number of aliphatic hydroxyl groups excluding tert-OH is 7. The summed E-state index contributed by atoms with van der Waals surface area (Å²) in [6.45, 7) is 0.118. The van der Waals surface area contributed by atoms with Crippen LogP contribution >= 0.6 is 0 Å². The topological polar surface area (TPSA) is 282 Å². The number of ether oxygens (including phenoxy) is 9. The van der Waals surface area contributed by atoms with Crippen LogP contribution in [0.5, 0.6) is 23.0 Å². The average Bonchev–Trinajstić information content (AvgIpc) is 3.17. The van der Waals surface area contributed by atoms with E-state index >= 15 is 0 Å². The third-order valence-electron chi connectivity index (χ3n) is 9.40. The summed E-state index contributed by atoms with van der Waals surface area (Å²) in [5, 5.41) is 94.3. The summed E-state index contributed by atoms with van der Waals surface area (Å²) in [5.41, 5.74) is 1.14. The lowest BCUT2D eigenvalue weighted by atomic mass is 9.96. The van der Waals surface area contributed by atoms with Gasteiger partial charge in [-0.05, 0) is 54.8 Å². The minimum absolute atomic E-state index is 0.0670. The fourth-order valence-corrected chi connectivity index (χ4v) is 6.25. The van der Waals surface area contributed by atoms with Crippen LogP contribution < -0.4 is 9.47 Å². The maximum Gasteiger partial charge on any atom is 0.331 e. The minimum Gasteiger partial charge on any atom is -0.504 e. The fraction of sp³-hybridized carbons (Fsp3) is 0.583. The van der Waals surface area contributed by atoms with Gasteiger partial charge in [0, 0.05) is 6.08 Å². The first kappa shape index (κ1) is 42.5. The SMILES string of the molecule is COc1cc(/C=C/C(=O)O[C@H]2[C@H](O[C@@H]3O[C@@H](C)[C@H](O)[C@@H](O)[C@H]3O[C@@H]3OC[C@H](O)[C@@H](O)[C@H]3O)[C@@H](O)[C@H](OCCc3ccc(O)c(OC)c3)O[C@@H]2CO)ccc1O. The van der Waals surface area contributed by atoms with Gasteiger partial charge in [-0.3, -0.25) is 0 Å². The van der Waals surface area contributed by atoms with Crippen LogP contribution in [0.15, 0.2) is 42.5 Å². The molecule has 14 atom stereocenters. The van der Waals surface area contributed by atoms with Gasteiger partial charge in [0.05, 0.1) is 40.1 Å². The van der Waals surface area contributed by atoms with E-state index in [2.05, 4.69) is 0 Å². The molecular weight excluding hydrogens is 736 g/mol. The Balaban J connectivity index is 1.40. The minimum atomic E-state index is -1.80. The molecule has 2 aromatic rings. The van der Waals surface area contributed by atoms with Gasteiger partial charge in [-0.2, -0.15) is 0 Å². The van der Waals surface area contributed by atoms with Crippen molar-refractivity contribution in [3.63, 3.8) is 0 Å². The second kappa shape index (κ2) is 19.0. The number of aromatic hydroxyl groups is 2. The number of phenolic OH excluding ortho intramolecular Hbond substituents is 2. The molecule has 0 saturated carbocycles. The molecule has 0 spiro atoms. The molecule has 306 valence electrons. The lowest BCUT2D eigenvalue weighted by Crippen LogP contribution is -2.66. The van der Waals surface area contributed by atoms with Crippen LogP contribution in [0.25, 0.3) is 6.08 Å². The van der Waals surface area contributed by atoms with E-state index in [9.17, 15) is 50.8 Å². The number of aliphatic hydroxyl groups is 7. The molecule has 0 radical (unpaired) electrons. The first-order chi connectivity index (χ1) is 26.3. The van der Waals surface area contributed by atoms with Crippen LogP contribution in [0.4, 0.5) is 0 Å². The van der Waals surface area contributed by atoms with Crippen molar-refractivity contribution in [1.82, 2.24) is 0 Å². The van der Waals surface area contributed by atoms with Crippen LogP contribution in [0, 0.1) is 0 Å². The van der Waals surface area contributed by atoms with Gasteiger partial charge in [0.2, 0.25) is 0 Å². The molecule has 0 unspecified atom stereocenters. The molecule has 19 heteroatoms. The van der Waals surface area contributed by atoms with Crippen molar-refractivity contribution in [2.45, 2.75) is 99.4 Å². The third-order valence-corrected chi connectivity index (χ3v) is 9.40. The van der Waals surface area contributed by atoms with Gasteiger partial charge in [0.1, 0.15) is 54.9 Å². The highest BCUT2D eigenvalue weighted by Crippen LogP contribution is 2.34.